The summed E-state index contributed by atoms with van der Waals surface area (Å²) >= 11 is 0. The Morgan fingerprint density at radius 3 is 2.53 bits per heavy atom. The molecule has 15 heavy (non-hydrogen) atoms. The van der Waals surface area contributed by atoms with Crippen molar-refractivity contribution in [3.63, 3.8) is 0 Å². The third-order valence-corrected chi connectivity index (χ3v) is 1.88. The Kier molecular flexibility index (Phi) is 6.19. The van der Waals surface area contributed by atoms with Crippen LogP contribution in [0, 0.1) is 12.3 Å². The number of carbonyl (C=O) groups excluding carboxylic acids is 2. The highest BCUT2D eigenvalue weighted by molar-refractivity contribution is 5.83. The predicted octanol–water partition coefficient (Wildman–Crippen LogP) is 0.856. The SMILES string of the molecule is C#CCC(NC(C)=O)C(=O)OC(C)CC. The lowest BCUT2D eigenvalue weighted by molar-refractivity contribution is -0.152. The van der Waals surface area contributed by atoms with E-state index in [1.807, 2.05) is 6.92 Å². The first-order chi connectivity index (χ1) is 7.01. The smallest absolute Gasteiger partial charge is 0.329 e. The van der Waals surface area contributed by atoms with Crippen LogP contribution in [0.25, 0.3) is 0 Å². The summed E-state index contributed by atoms with van der Waals surface area (Å²) in [5, 5.41) is 2.45. The zero-order chi connectivity index (χ0) is 11.8. The summed E-state index contributed by atoms with van der Waals surface area (Å²) in [4.78, 5) is 22.3. The molecule has 0 aliphatic rings. The molecule has 0 rings (SSSR count). The third kappa shape index (κ3) is 5.74. The molecule has 0 radical (unpaired) electrons. The molecule has 0 aliphatic carbocycles. The Bertz CT molecular complexity index is 267. The van der Waals surface area contributed by atoms with Crippen LogP contribution in [-0.2, 0) is 14.3 Å². The summed E-state index contributed by atoms with van der Waals surface area (Å²) in [5.74, 6) is 1.56. The van der Waals surface area contributed by atoms with Gasteiger partial charge in [-0.1, -0.05) is 6.92 Å². The standard InChI is InChI=1S/C11H17NO3/c1-5-7-10(12-9(4)13)11(14)15-8(3)6-2/h1,8,10H,6-7H2,2-4H3,(H,12,13). The summed E-state index contributed by atoms with van der Waals surface area (Å²) in [5.41, 5.74) is 0. The minimum atomic E-state index is -0.735. The van der Waals surface area contributed by atoms with Crippen LogP contribution < -0.4 is 5.32 Å². The average molecular weight is 211 g/mol. The van der Waals surface area contributed by atoms with Crippen LogP contribution in [0.3, 0.4) is 0 Å². The molecule has 0 saturated carbocycles. The van der Waals surface area contributed by atoms with Crippen LogP contribution in [-0.4, -0.2) is 24.0 Å². The highest BCUT2D eigenvalue weighted by atomic mass is 16.5. The fourth-order valence-electron chi connectivity index (χ4n) is 0.920. The Balaban J connectivity index is 4.29. The number of nitrogens with one attached hydrogen (secondary N) is 1. The van der Waals surface area contributed by atoms with Crippen molar-refractivity contribution in [2.24, 2.45) is 0 Å². The van der Waals surface area contributed by atoms with Crippen LogP contribution in [0.15, 0.2) is 0 Å². The van der Waals surface area contributed by atoms with Gasteiger partial charge in [0, 0.05) is 13.3 Å². The van der Waals surface area contributed by atoms with E-state index in [9.17, 15) is 9.59 Å². The lowest BCUT2D eigenvalue weighted by Gasteiger charge is -2.17. The molecular formula is C11H17NO3. The lowest BCUT2D eigenvalue weighted by Crippen LogP contribution is -2.41. The third-order valence-electron chi connectivity index (χ3n) is 1.88. The molecule has 4 nitrogen and oxygen atoms in total. The molecule has 0 aromatic heterocycles. The summed E-state index contributed by atoms with van der Waals surface area (Å²) < 4.78 is 5.07. The number of hydrogen-bond acceptors (Lipinski definition) is 3. The first kappa shape index (κ1) is 13.5. The second kappa shape index (κ2) is 6.88. The first-order valence-corrected chi connectivity index (χ1v) is 4.92. The molecule has 0 spiro atoms. The van der Waals surface area contributed by atoms with Crippen LogP contribution in [0.5, 0.6) is 0 Å². The van der Waals surface area contributed by atoms with Gasteiger partial charge in [-0.3, -0.25) is 4.79 Å². The minimum Gasteiger partial charge on any atom is -0.461 e. The Morgan fingerprint density at radius 1 is 1.53 bits per heavy atom. The van der Waals surface area contributed by atoms with Crippen molar-refractivity contribution >= 4 is 11.9 Å². The number of hydrogen-bond donors (Lipinski definition) is 1. The minimum absolute atomic E-state index is 0.148. The maximum atomic E-state index is 11.5. The molecule has 1 amide bonds. The van der Waals surface area contributed by atoms with Crippen LogP contribution >= 0.6 is 0 Å². The van der Waals surface area contributed by atoms with Gasteiger partial charge in [-0.05, 0) is 13.3 Å². The first-order valence-electron chi connectivity index (χ1n) is 4.92. The molecule has 0 fully saturated rings. The zero-order valence-electron chi connectivity index (χ0n) is 9.37. The molecule has 0 bridgehead atoms. The molecule has 0 heterocycles. The quantitative estimate of drug-likeness (QED) is 0.542. The molecule has 2 atom stereocenters. The summed E-state index contributed by atoms with van der Waals surface area (Å²) in [6.45, 7) is 5.03. The molecule has 4 heteroatoms. The van der Waals surface area contributed by atoms with Gasteiger partial charge < -0.3 is 10.1 Å². The van der Waals surface area contributed by atoms with Gasteiger partial charge in [0.15, 0.2) is 0 Å². The number of ether oxygens (including phenoxy) is 1. The van der Waals surface area contributed by atoms with E-state index < -0.39 is 12.0 Å². The van der Waals surface area contributed by atoms with E-state index in [0.717, 1.165) is 6.42 Å². The fourth-order valence-corrected chi connectivity index (χ4v) is 0.920. The topological polar surface area (TPSA) is 55.4 Å². The maximum Gasteiger partial charge on any atom is 0.329 e. The van der Waals surface area contributed by atoms with Gasteiger partial charge in [-0.25, -0.2) is 4.79 Å². The van der Waals surface area contributed by atoms with E-state index in [1.165, 1.54) is 6.92 Å². The van der Waals surface area contributed by atoms with Gasteiger partial charge in [0.1, 0.15) is 6.04 Å². The van der Waals surface area contributed by atoms with E-state index in [0.29, 0.717) is 0 Å². The second-order valence-electron chi connectivity index (χ2n) is 3.32. The molecule has 84 valence electrons. The van der Waals surface area contributed by atoms with Gasteiger partial charge in [0.25, 0.3) is 0 Å². The number of esters is 1. The van der Waals surface area contributed by atoms with Crippen LogP contribution in [0.1, 0.15) is 33.6 Å². The molecular weight excluding hydrogens is 194 g/mol. The maximum absolute atomic E-state index is 11.5. The molecule has 0 saturated heterocycles. The highest BCUT2D eigenvalue weighted by Crippen LogP contribution is 2.01. The van der Waals surface area contributed by atoms with Gasteiger partial charge in [-0.15, -0.1) is 12.3 Å². The molecule has 0 aromatic rings. The van der Waals surface area contributed by atoms with Gasteiger partial charge in [0.05, 0.1) is 6.10 Å². The molecule has 0 aliphatic heterocycles. The number of rotatable bonds is 5. The van der Waals surface area contributed by atoms with Crippen molar-refractivity contribution in [1.82, 2.24) is 5.32 Å². The Morgan fingerprint density at radius 2 is 2.13 bits per heavy atom. The Hall–Kier alpha value is -1.50. The van der Waals surface area contributed by atoms with Crippen molar-refractivity contribution in [1.29, 1.82) is 0 Å². The van der Waals surface area contributed by atoms with Crippen molar-refractivity contribution in [3.8, 4) is 12.3 Å². The molecule has 0 aromatic carbocycles. The van der Waals surface area contributed by atoms with Gasteiger partial charge in [0.2, 0.25) is 5.91 Å². The number of amides is 1. The average Bonchev–Trinajstić information content (AvgIpc) is 2.16. The lowest BCUT2D eigenvalue weighted by atomic mass is 10.2. The monoisotopic (exact) mass is 211 g/mol. The van der Waals surface area contributed by atoms with E-state index in [1.54, 1.807) is 6.92 Å². The van der Waals surface area contributed by atoms with Crippen LogP contribution in [0.2, 0.25) is 0 Å². The van der Waals surface area contributed by atoms with E-state index in [-0.39, 0.29) is 18.4 Å². The fraction of sp³-hybridized carbons (Fsp3) is 0.636. The molecule has 2 unspecified atom stereocenters. The largest absolute Gasteiger partial charge is 0.461 e. The summed E-state index contributed by atoms with van der Waals surface area (Å²) in [6, 6.07) is -0.735. The predicted molar refractivity (Wildman–Crippen MR) is 56.9 cm³/mol. The van der Waals surface area contributed by atoms with Gasteiger partial charge >= 0.3 is 5.97 Å². The van der Waals surface area contributed by atoms with Crippen molar-refractivity contribution in [2.75, 3.05) is 0 Å². The Labute approximate surface area is 90.4 Å². The number of terminal acetylenes is 1. The normalized spacial score (nSPS) is 13.5. The van der Waals surface area contributed by atoms with E-state index in [2.05, 4.69) is 11.2 Å². The van der Waals surface area contributed by atoms with Crippen molar-refractivity contribution in [2.45, 2.75) is 45.8 Å². The molecule has 1 N–H and O–H groups in total. The van der Waals surface area contributed by atoms with Crippen molar-refractivity contribution in [3.05, 3.63) is 0 Å². The number of carbonyl (C=O) groups is 2. The van der Waals surface area contributed by atoms with E-state index in [4.69, 9.17) is 11.2 Å². The van der Waals surface area contributed by atoms with Crippen molar-refractivity contribution < 1.29 is 14.3 Å². The second-order valence-corrected chi connectivity index (χ2v) is 3.32. The zero-order valence-corrected chi connectivity index (χ0v) is 9.37. The van der Waals surface area contributed by atoms with Crippen LogP contribution in [0.4, 0.5) is 0 Å². The van der Waals surface area contributed by atoms with E-state index >= 15 is 0 Å². The summed E-state index contributed by atoms with van der Waals surface area (Å²) in [6.07, 6.45) is 5.81. The highest BCUT2D eigenvalue weighted by Gasteiger charge is 2.21. The van der Waals surface area contributed by atoms with Gasteiger partial charge in [-0.2, -0.15) is 0 Å². The summed E-state index contributed by atoms with van der Waals surface area (Å²) in [7, 11) is 0.